The van der Waals surface area contributed by atoms with Gasteiger partial charge >= 0.3 is 0 Å². The van der Waals surface area contributed by atoms with Gasteiger partial charge in [-0.3, -0.25) is 0 Å². The lowest BCUT2D eigenvalue weighted by molar-refractivity contribution is 0.222. The van der Waals surface area contributed by atoms with Crippen LogP contribution in [0.15, 0.2) is 18.3 Å². The van der Waals surface area contributed by atoms with Gasteiger partial charge < -0.3 is 15.1 Å². The summed E-state index contributed by atoms with van der Waals surface area (Å²) in [5.41, 5.74) is 1.25. The molecule has 0 amide bonds. The Bertz CT molecular complexity index is 385. The fourth-order valence-corrected chi connectivity index (χ4v) is 2.67. The highest BCUT2D eigenvalue weighted by molar-refractivity contribution is 5.53. The van der Waals surface area contributed by atoms with Crippen LogP contribution in [0.4, 0.5) is 11.5 Å². The molecule has 0 radical (unpaired) electrons. The van der Waals surface area contributed by atoms with E-state index in [1.54, 1.807) is 0 Å². The molecule has 1 aromatic heterocycles. The lowest BCUT2D eigenvalue weighted by atomic mass is 9.96. The number of hydrogen-bond donors (Lipinski definition) is 1. The topological polar surface area (TPSA) is 31.4 Å². The molecule has 0 spiro atoms. The first-order valence-corrected chi connectivity index (χ1v) is 7.28. The van der Waals surface area contributed by atoms with Crippen LogP contribution >= 0.6 is 0 Å². The van der Waals surface area contributed by atoms with Crippen molar-refractivity contribution in [1.29, 1.82) is 0 Å². The quantitative estimate of drug-likeness (QED) is 0.882. The second kappa shape index (κ2) is 6.75. The van der Waals surface area contributed by atoms with E-state index in [1.807, 2.05) is 6.20 Å². The molecule has 0 atom stereocenters. The Morgan fingerprint density at radius 2 is 2.16 bits per heavy atom. The molecule has 0 bridgehead atoms. The van der Waals surface area contributed by atoms with Gasteiger partial charge in [0.1, 0.15) is 5.82 Å². The largest absolute Gasteiger partial charge is 0.374 e. The van der Waals surface area contributed by atoms with Crippen molar-refractivity contribution in [3.63, 3.8) is 0 Å². The molecular weight excluding hydrogens is 236 g/mol. The third-order valence-electron chi connectivity index (χ3n) is 3.91. The van der Waals surface area contributed by atoms with Crippen LogP contribution < -0.4 is 10.2 Å². The van der Waals surface area contributed by atoms with Crippen molar-refractivity contribution in [3.05, 3.63) is 18.3 Å². The summed E-state index contributed by atoms with van der Waals surface area (Å²) in [6.45, 7) is 6.62. The van der Waals surface area contributed by atoms with E-state index >= 15 is 0 Å². The number of aromatic nitrogens is 1. The van der Waals surface area contributed by atoms with Crippen molar-refractivity contribution in [2.24, 2.45) is 5.92 Å². The number of likely N-dealkylation sites (tertiary alicyclic amines) is 1. The van der Waals surface area contributed by atoms with Gasteiger partial charge in [0.2, 0.25) is 0 Å². The van der Waals surface area contributed by atoms with Crippen molar-refractivity contribution in [2.45, 2.75) is 19.8 Å². The molecular formula is C15H26N4. The number of anilines is 2. The number of nitrogens with one attached hydrogen (secondary N) is 1. The lowest BCUT2D eigenvalue weighted by Crippen LogP contribution is -2.35. The van der Waals surface area contributed by atoms with Crippen LogP contribution in [0.1, 0.15) is 19.8 Å². The molecule has 0 saturated carbocycles. The molecule has 0 aromatic carbocycles. The molecule has 2 heterocycles. The van der Waals surface area contributed by atoms with E-state index in [9.17, 15) is 0 Å². The predicted octanol–water partition coefficient (Wildman–Crippen LogP) is 2.29. The van der Waals surface area contributed by atoms with Gasteiger partial charge in [-0.2, -0.15) is 0 Å². The van der Waals surface area contributed by atoms with Crippen LogP contribution in [-0.4, -0.2) is 50.2 Å². The third-order valence-corrected chi connectivity index (χ3v) is 3.91. The molecule has 1 fully saturated rings. The highest BCUT2D eigenvalue weighted by Crippen LogP contribution is 2.21. The van der Waals surface area contributed by atoms with Gasteiger partial charge in [0.15, 0.2) is 0 Å². The summed E-state index contributed by atoms with van der Waals surface area (Å²) in [5, 5.41) is 3.27. The number of pyridine rings is 1. The number of hydrogen-bond acceptors (Lipinski definition) is 4. The third kappa shape index (κ3) is 4.10. The molecule has 1 aliphatic heterocycles. The standard InChI is InChI=1S/C15H26N4/c1-4-16-15-11-14(5-8-17-15)19(3)12-13-6-9-18(2)10-7-13/h5,8,11,13H,4,6-7,9-10,12H2,1-3H3,(H,16,17). The van der Waals surface area contributed by atoms with Gasteiger partial charge in [-0.1, -0.05) is 0 Å². The maximum absolute atomic E-state index is 4.32. The first-order chi connectivity index (χ1) is 9.19. The van der Waals surface area contributed by atoms with Crippen LogP contribution in [-0.2, 0) is 0 Å². The highest BCUT2D eigenvalue weighted by Gasteiger charge is 2.18. The minimum Gasteiger partial charge on any atom is -0.374 e. The van der Waals surface area contributed by atoms with Crippen LogP contribution in [0.5, 0.6) is 0 Å². The number of nitrogens with zero attached hydrogens (tertiary/aromatic N) is 3. The Kier molecular flexibility index (Phi) is 5.02. The Morgan fingerprint density at radius 1 is 1.42 bits per heavy atom. The van der Waals surface area contributed by atoms with E-state index in [1.165, 1.54) is 31.6 Å². The van der Waals surface area contributed by atoms with E-state index in [0.717, 1.165) is 24.8 Å². The Balaban J connectivity index is 1.91. The second-order valence-electron chi connectivity index (χ2n) is 5.56. The molecule has 0 aliphatic carbocycles. The zero-order valence-electron chi connectivity index (χ0n) is 12.4. The minimum absolute atomic E-state index is 0.817. The molecule has 106 valence electrons. The molecule has 1 N–H and O–H groups in total. The van der Waals surface area contributed by atoms with Crippen LogP contribution in [0, 0.1) is 5.92 Å². The first kappa shape index (κ1) is 14.1. The number of rotatable bonds is 5. The average molecular weight is 262 g/mol. The monoisotopic (exact) mass is 262 g/mol. The first-order valence-electron chi connectivity index (χ1n) is 7.28. The maximum Gasteiger partial charge on any atom is 0.127 e. The predicted molar refractivity (Wildman–Crippen MR) is 81.9 cm³/mol. The van der Waals surface area contributed by atoms with E-state index in [-0.39, 0.29) is 0 Å². The maximum atomic E-state index is 4.32. The minimum atomic E-state index is 0.817. The zero-order valence-corrected chi connectivity index (χ0v) is 12.4. The SMILES string of the molecule is CCNc1cc(N(C)CC2CCN(C)CC2)ccn1. The van der Waals surface area contributed by atoms with Crippen molar-refractivity contribution < 1.29 is 0 Å². The van der Waals surface area contributed by atoms with Gasteiger partial charge in [0.25, 0.3) is 0 Å². The van der Waals surface area contributed by atoms with Crippen LogP contribution in [0.25, 0.3) is 0 Å². The smallest absolute Gasteiger partial charge is 0.127 e. The van der Waals surface area contributed by atoms with Crippen molar-refractivity contribution in [3.8, 4) is 0 Å². The molecule has 4 heteroatoms. The summed E-state index contributed by atoms with van der Waals surface area (Å²) < 4.78 is 0. The van der Waals surface area contributed by atoms with Crippen LogP contribution in [0.3, 0.4) is 0 Å². The van der Waals surface area contributed by atoms with Gasteiger partial charge in [-0.25, -0.2) is 4.98 Å². The summed E-state index contributed by atoms with van der Waals surface area (Å²) in [6.07, 6.45) is 4.51. The van der Waals surface area contributed by atoms with Gasteiger partial charge in [-0.05, 0) is 51.9 Å². The fraction of sp³-hybridized carbons (Fsp3) is 0.667. The molecule has 1 aliphatic rings. The van der Waals surface area contributed by atoms with Gasteiger partial charge in [-0.15, -0.1) is 0 Å². The summed E-state index contributed by atoms with van der Waals surface area (Å²) in [4.78, 5) is 9.11. The molecule has 1 aromatic rings. The lowest BCUT2D eigenvalue weighted by Gasteiger charge is -2.32. The Labute approximate surface area is 116 Å². The Hall–Kier alpha value is -1.29. The number of piperidine rings is 1. The normalized spacial score (nSPS) is 17.4. The molecule has 0 unspecified atom stereocenters. The van der Waals surface area contributed by atoms with Crippen molar-refractivity contribution >= 4 is 11.5 Å². The van der Waals surface area contributed by atoms with E-state index < -0.39 is 0 Å². The van der Waals surface area contributed by atoms with E-state index in [4.69, 9.17) is 0 Å². The average Bonchev–Trinajstić information content (AvgIpc) is 2.42. The molecule has 2 rings (SSSR count). The highest BCUT2D eigenvalue weighted by atomic mass is 15.1. The van der Waals surface area contributed by atoms with Crippen molar-refractivity contribution in [2.75, 3.05) is 50.5 Å². The van der Waals surface area contributed by atoms with Gasteiger partial charge in [0, 0.05) is 38.1 Å². The van der Waals surface area contributed by atoms with E-state index in [0.29, 0.717) is 0 Å². The Morgan fingerprint density at radius 3 is 2.84 bits per heavy atom. The molecule has 1 saturated heterocycles. The van der Waals surface area contributed by atoms with E-state index in [2.05, 4.69) is 53.3 Å². The van der Waals surface area contributed by atoms with Gasteiger partial charge in [0.05, 0.1) is 0 Å². The molecule has 4 nitrogen and oxygen atoms in total. The summed E-state index contributed by atoms with van der Waals surface area (Å²) in [7, 11) is 4.40. The summed E-state index contributed by atoms with van der Waals surface area (Å²) in [5.74, 6) is 1.78. The van der Waals surface area contributed by atoms with Crippen LogP contribution in [0.2, 0.25) is 0 Å². The second-order valence-corrected chi connectivity index (χ2v) is 5.56. The van der Waals surface area contributed by atoms with Crippen molar-refractivity contribution in [1.82, 2.24) is 9.88 Å². The molecule has 19 heavy (non-hydrogen) atoms. The summed E-state index contributed by atoms with van der Waals surface area (Å²) >= 11 is 0. The fourth-order valence-electron chi connectivity index (χ4n) is 2.67. The zero-order chi connectivity index (χ0) is 13.7. The summed E-state index contributed by atoms with van der Waals surface area (Å²) in [6, 6.07) is 4.23.